The number of carboxylic acid groups (broad SMARTS) is 1. The molecule has 1 aromatic rings. The standard InChI is InChI=1S/C18H23F3N2O4.C7H14O2/c1-3-27-16(25)14(10-9-13-7-5-4-6-8-13)23-15(12(2)24)11-22-17(26)18(19,20)21;1-3-4-5-6(2)7(8)9/h4-8,14-15,23H,3,9-11H2,1-2H3,(H,22,26);6H,3-5H2,1-2H3,(H,8,9). The first-order valence-electron chi connectivity index (χ1n) is 11.9. The number of amides is 1. The van der Waals surface area contributed by atoms with Gasteiger partial charge in [-0.15, -0.1) is 0 Å². The highest BCUT2D eigenvalue weighted by atomic mass is 19.4. The second-order valence-corrected chi connectivity index (χ2v) is 8.25. The molecule has 204 valence electrons. The van der Waals surface area contributed by atoms with Crippen LogP contribution in [0.1, 0.15) is 58.9 Å². The van der Waals surface area contributed by atoms with E-state index in [0.717, 1.165) is 31.7 Å². The van der Waals surface area contributed by atoms with Crippen molar-refractivity contribution in [1.82, 2.24) is 10.6 Å². The molecule has 8 nitrogen and oxygen atoms in total. The van der Waals surface area contributed by atoms with Gasteiger partial charge < -0.3 is 15.2 Å². The molecule has 1 rings (SSSR count). The summed E-state index contributed by atoms with van der Waals surface area (Å²) in [7, 11) is 0. The maximum atomic E-state index is 12.3. The number of nitrogens with one attached hydrogen (secondary N) is 2. The van der Waals surface area contributed by atoms with Gasteiger partial charge in [-0.05, 0) is 38.7 Å². The second kappa shape index (κ2) is 17.5. The van der Waals surface area contributed by atoms with Gasteiger partial charge in [0.25, 0.3) is 0 Å². The van der Waals surface area contributed by atoms with Crippen molar-refractivity contribution in [2.24, 2.45) is 5.92 Å². The molecule has 0 saturated carbocycles. The lowest BCUT2D eigenvalue weighted by molar-refractivity contribution is -0.173. The molecule has 0 heterocycles. The van der Waals surface area contributed by atoms with Crippen LogP contribution < -0.4 is 10.6 Å². The van der Waals surface area contributed by atoms with E-state index in [0.29, 0.717) is 6.42 Å². The fourth-order valence-corrected chi connectivity index (χ4v) is 2.96. The van der Waals surface area contributed by atoms with Crippen LogP contribution in [-0.4, -0.2) is 60.1 Å². The van der Waals surface area contributed by atoms with Gasteiger partial charge in [0.2, 0.25) is 0 Å². The number of aryl methyl sites for hydroxylation is 1. The summed E-state index contributed by atoms with van der Waals surface area (Å²) in [5.41, 5.74) is 0.957. The van der Waals surface area contributed by atoms with E-state index in [1.807, 2.05) is 30.3 Å². The molecule has 3 N–H and O–H groups in total. The van der Waals surface area contributed by atoms with E-state index in [2.05, 4.69) is 12.2 Å². The zero-order valence-corrected chi connectivity index (χ0v) is 21.2. The number of esters is 1. The number of carbonyl (C=O) groups is 4. The van der Waals surface area contributed by atoms with Crippen molar-refractivity contribution in [2.75, 3.05) is 13.2 Å². The Morgan fingerprint density at radius 1 is 1.03 bits per heavy atom. The number of ether oxygens (including phenoxy) is 1. The zero-order chi connectivity index (χ0) is 27.7. The van der Waals surface area contributed by atoms with E-state index < -0.39 is 48.4 Å². The highest BCUT2D eigenvalue weighted by molar-refractivity contribution is 5.85. The van der Waals surface area contributed by atoms with Crippen molar-refractivity contribution >= 4 is 23.6 Å². The summed E-state index contributed by atoms with van der Waals surface area (Å²) in [5, 5.41) is 12.8. The lowest BCUT2D eigenvalue weighted by atomic mass is 10.0. The van der Waals surface area contributed by atoms with Crippen LogP contribution in [0.3, 0.4) is 0 Å². The van der Waals surface area contributed by atoms with E-state index in [1.54, 1.807) is 19.2 Å². The molecule has 1 aromatic carbocycles. The Bertz CT molecular complexity index is 818. The molecular formula is C25H37F3N2O6. The quantitative estimate of drug-likeness (QED) is 0.321. The number of alkyl halides is 3. The summed E-state index contributed by atoms with van der Waals surface area (Å²) in [6.45, 7) is 6.13. The van der Waals surface area contributed by atoms with Crippen LogP contribution in [0.2, 0.25) is 0 Å². The minimum absolute atomic E-state index is 0.123. The number of hydrogen-bond donors (Lipinski definition) is 3. The monoisotopic (exact) mass is 518 g/mol. The molecule has 0 aliphatic carbocycles. The number of carboxylic acids is 1. The van der Waals surface area contributed by atoms with Crippen LogP contribution in [0.25, 0.3) is 0 Å². The third-order valence-corrected chi connectivity index (χ3v) is 5.17. The normalized spacial score (nSPS) is 13.4. The predicted molar refractivity (Wildman–Crippen MR) is 128 cm³/mol. The van der Waals surface area contributed by atoms with Crippen LogP contribution >= 0.6 is 0 Å². The number of ketones is 1. The first-order valence-corrected chi connectivity index (χ1v) is 11.9. The SMILES string of the molecule is CCCCC(C)C(=O)O.CCOC(=O)C(CCc1ccccc1)NC(CNC(=O)C(F)(F)F)C(C)=O. The zero-order valence-electron chi connectivity index (χ0n) is 21.2. The second-order valence-electron chi connectivity index (χ2n) is 8.25. The van der Waals surface area contributed by atoms with E-state index in [1.165, 1.54) is 0 Å². The van der Waals surface area contributed by atoms with Crippen LogP contribution in [0.5, 0.6) is 0 Å². The van der Waals surface area contributed by atoms with Gasteiger partial charge in [-0.2, -0.15) is 13.2 Å². The fourth-order valence-electron chi connectivity index (χ4n) is 2.96. The Labute approximate surface area is 210 Å². The van der Waals surface area contributed by atoms with Crippen molar-refractivity contribution in [3.8, 4) is 0 Å². The number of benzene rings is 1. The maximum absolute atomic E-state index is 12.3. The molecule has 0 fully saturated rings. The van der Waals surface area contributed by atoms with Crippen molar-refractivity contribution in [3.05, 3.63) is 35.9 Å². The summed E-state index contributed by atoms with van der Waals surface area (Å²) >= 11 is 0. The molecule has 11 heteroatoms. The minimum atomic E-state index is -5.05. The van der Waals surface area contributed by atoms with Gasteiger partial charge in [0.05, 0.1) is 18.6 Å². The average Bonchev–Trinajstić information content (AvgIpc) is 2.82. The van der Waals surface area contributed by atoms with Gasteiger partial charge in [0.1, 0.15) is 11.8 Å². The van der Waals surface area contributed by atoms with Crippen LogP contribution in [0, 0.1) is 5.92 Å². The Kier molecular flexibility index (Phi) is 16.0. The van der Waals surface area contributed by atoms with Crippen LogP contribution in [0.4, 0.5) is 13.2 Å². The molecular weight excluding hydrogens is 481 g/mol. The number of hydrogen-bond acceptors (Lipinski definition) is 6. The van der Waals surface area contributed by atoms with Gasteiger partial charge in [-0.25, -0.2) is 0 Å². The van der Waals surface area contributed by atoms with Gasteiger partial charge in [0.15, 0.2) is 0 Å². The molecule has 1 amide bonds. The smallest absolute Gasteiger partial charge is 0.471 e. The number of Topliss-reactive ketones (excluding diaryl/α,β-unsaturated/α-hetero) is 1. The van der Waals surface area contributed by atoms with E-state index in [-0.39, 0.29) is 18.9 Å². The first-order chi connectivity index (χ1) is 16.8. The summed E-state index contributed by atoms with van der Waals surface area (Å²) in [5.74, 6) is -4.10. The maximum Gasteiger partial charge on any atom is 0.471 e. The summed E-state index contributed by atoms with van der Waals surface area (Å²) in [6.07, 6.45) is -1.36. The molecule has 0 aromatic heterocycles. The number of aliphatic carboxylic acids is 1. The van der Waals surface area contributed by atoms with Crippen LogP contribution in [0.15, 0.2) is 30.3 Å². The van der Waals surface area contributed by atoms with Crippen molar-refractivity contribution < 1.29 is 42.2 Å². The topological polar surface area (TPSA) is 122 Å². The lowest BCUT2D eigenvalue weighted by Gasteiger charge is -2.23. The third-order valence-electron chi connectivity index (χ3n) is 5.17. The largest absolute Gasteiger partial charge is 0.481 e. The Morgan fingerprint density at radius 2 is 1.64 bits per heavy atom. The molecule has 0 aliphatic heterocycles. The van der Waals surface area contributed by atoms with Crippen molar-refractivity contribution in [3.63, 3.8) is 0 Å². The van der Waals surface area contributed by atoms with E-state index >= 15 is 0 Å². The number of halogens is 3. The Hall–Kier alpha value is -2.95. The number of unbranched alkanes of at least 4 members (excludes halogenated alkanes) is 1. The highest BCUT2D eigenvalue weighted by Crippen LogP contribution is 2.14. The molecule has 0 spiro atoms. The third kappa shape index (κ3) is 14.4. The van der Waals surface area contributed by atoms with Crippen molar-refractivity contribution in [2.45, 2.75) is 78.1 Å². The van der Waals surface area contributed by atoms with Gasteiger partial charge in [-0.1, -0.05) is 57.0 Å². The predicted octanol–water partition coefficient (Wildman–Crippen LogP) is 3.67. The summed E-state index contributed by atoms with van der Waals surface area (Å²) < 4.78 is 41.9. The average molecular weight is 519 g/mol. The van der Waals surface area contributed by atoms with E-state index in [4.69, 9.17) is 9.84 Å². The first kappa shape index (κ1) is 33.0. The fraction of sp³-hybridized carbons (Fsp3) is 0.600. The van der Waals surface area contributed by atoms with Gasteiger partial charge in [0, 0.05) is 6.54 Å². The van der Waals surface area contributed by atoms with Crippen molar-refractivity contribution in [1.29, 1.82) is 0 Å². The summed E-state index contributed by atoms with van der Waals surface area (Å²) in [4.78, 5) is 45.1. The number of carbonyl (C=O) groups excluding carboxylic acids is 3. The highest BCUT2D eigenvalue weighted by Gasteiger charge is 2.39. The van der Waals surface area contributed by atoms with Crippen LogP contribution in [-0.2, 0) is 30.3 Å². The molecule has 0 saturated heterocycles. The van der Waals surface area contributed by atoms with Gasteiger partial charge >= 0.3 is 24.0 Å². The molecule has 36 heavy (non-hydrogen) atoms. The lowest BCUT2D eigenvalue weighted by Crippen LogP contribution is -2.53. The molecule has 0 radical (unpaired) electrons. The molecule has 3 atom stereocenters. The molecule has 3 unspecified atom stereocenters. The molecule has 0 bridgehead atoms. The Morgan fingerprint density at radius 3 is 2.11 bits per heavy atom. The number of rotatable bonds is 14. The van der Waals surface area contributed by atoms with Gasteiger partial charge in [-0.3, -0.25) is 24.5 Å². The Balaban J connectivity index is 0.00000115. The summed E-state index contributed by atoms with van der Waals surface area (Å²) in [6, 6.07) is 7.21. The molecule has 0 aliphatic rings. The minimum Gasteiger partial charge on any atom is -0.481 e. The van der Waals surface area contributed by atoms with E-state index in [9.17, 15) is 32.3 Å².